The fourth-order valence-corrected chi connectivity index (χ4v) is 2.17. The van der Waals surface area contributed by atoms with Crippen LogP contribution in [-0.4, -0.2) is 56.7 Å². The second-order valence-corrected chi connectivity index (χ2v) is 5.87. The van der Waals surface area contributed by atoms with Gasteiger partial charge < -0.3 is 23.5 Å². The molecule has 0 bridgehead atoms. The van der Waals surface area contributed by atoms with Crippen molar-refractivity contribution in [2.45, 2.75) is 43.2 Å². The highest BCUT2D eigenvalue weighted by Crippen LogP contribution is 2.36. The second-order valence-electron chi connectivity index (χ2n) is 4.86. The summed E-state index contributed by atoms with van der Waals surface area (Å²) in [4.78, 5) is 22.5. The molecule has 0 saturated carbocycles. The highest BCUT2D eigenvalue weighted by Gasteiger charge is 2.57. The minimum atomic E-state index is -4.56. The van der Waals surface area contributed by atoms with Crippen molar-refractivity contribution < 1.29 is 46.1 Å². The number of rotatable bonds is 4. The van der Waals surface area contributed by atoms with E-state index in [1.54, 1.807) is 13.8 Å². The molecule has 1 N–H and O–H groups in total. The van der Waals surface area contributed by atoms with Crippen molar-refractivity contribution >= 4 is 23.0 Å². The molecule has 0 radical (unpaired) electrons. The summed E-state index contributed by atoms with van der Waals surface area (Å²) in [5.74, 6) is -4.02. The Bertz CT molecular complexity index is 493. The molecule has 8 nitrogen and oxygen atoms in total. The van der Waals surface area contributed by atoms with Crippen LogP contribution in [0, 0.1) is 0 Å². The smallest absolute Gasteiger partial charge is 0.439 e. The van der Waals surface area contributed by atoms with Crippen molar-refractivity contribution in [2.24, 2.45) is 0 Å². The third-order valence-electron chi connectivity index (χ3n) is 2.83. The van der Waals surface area contributed by atoms with Crippen molar-refractivity contribution in [1.29, 1.82) is 0 Å². The Morgan fingerprint density at radius 1 is 1.48 bits per heavy atom. The minimum absolute atomic E-state index is 0.738. The number of halogens is 2. The molecule has 2 rings (SSSR count). The number of esters is 2. The molecule has 4 atom stereocenters. The minimum Gasteiger partial charge on any atom is -0.456 e. The molecule has 2 fully saturated rings. The number of fused-ring (bicyclic) bond motifs is 1. The highest BCUT2D eigenvalue weighted by atomic mass is 32.2. The average molecular weight is 330 g/mol. The van der Waals surface area contributed by atoms with Gasteiger partial charge in [-0.05, 0) is 13.8 Å². The van der Waals surface area contributed by atoms with Gasteiger partial charge >= 0.3 is 17.2 Å². The largest absolute Gasteiger partial charge is 0.456 e. The fourth-order valence-electron chi connectivity index (χ4n) is 1.97. The summed E-state index contributed by atoms with van der Waals surface area (Å²) >= 11 is -3.71. The molecule has 0 aliphatic carbocycles. The molecule has 0 spiro atoms. The molecule has 2 aliphatic rings. The second kappa shape index (κ2) is 5.23. The van der Waals surface area contributed by atoms with Crippen LogP contribution in [0.5, 0.6) is 0 Å². The number of hydrogen-bond donors (Lipinski definition) is 1. The molecule has 0 amide bonds. The van der Waals surface area contributed by atoms with Crippen LogP contribution in [-0.2, 0) is 39.6 Å². The van der Waals surface area contributed by atoms with Gasteiger partial charge in [-0.15, -0.1) is 0 Å². The predicted molar refractivity (Wildman–Crippen MR) is 60.4 cm³/mol. The standard InChI is InChI=1S/C10H12F2O8S/c1-9(2)19-5-4(18-7(13)6(5)20-9)3-17-8(14)10(11,12)21(15)16/h4-6H,3H2,1-2H3,(H,15,16). The molecule has 0 aromatic rings. The van der Waals surface area contributed by atoms with E-state index < -0.39 is 59.0 Å². The fraction of sp³-hybridized carbons (Fsp3) is 0.800. The summed E-state index contributed by atoms with van der Waals surface area (Å²) in [5, 5.41) is -4.56. The number of ether oxygens (including phenoxy) is 4. The molecule has 0 aromatic carbocycles. The lowest BCUT2D eigenvalue weighted by Gasteiger charge is -2.21. The first-order chi connectivity index (χ1) is 9.54. The van der Waals surface area contributed by atoms with E-state index in [2.05, 4.69) is 4.74 Å². The molecule has 2 heterocycles. The first-order valence-electron chi connectivity index (χ1n) is 5.77. The van der Waals surface area contributed by atoms with E-state index in [1.807, 2.05) is 0 Å². The Morgan fingerprint density at radius 2 is 2.10 bits per heavy atom. The van der Waals surface area contributed by atoms with Crippen LogP contribution in [0.1, 0.15) is 13.8 Å². The first kappa shape index (κ1) is 16.2. The van der Waals surface area contributed by atoms with Gasteiger partial charge in [-0.3, -0.25) is 0 Å². The van der Waals surface area contributed by atoms with E-state index in [0.717, 1.165) is 0 Å². The Labute approximate surface area is 119 Å². The number of carbonyl (C=O) groups excluding carboxylic acids is 2. The van der Waals surface area contributed by atoms with E-state index in [4.69, 9.17) is 18.8 Å². The SMILES string of the molecule is CC1(C)OC2C(=O)OC(COC(=O)C(F)(F)S(=O)O)C2O1. The van der Waals surface area contributed by atoms with E-state index in [0.29, 0.717) is 0 Å². The predicted octanol–water partition coefficient (Wildman–Crippen LogP) is -0.210. The maximum Gasteiger partial charge on any atom is 0.439 e. The van der Waals surface area contributed by atoms with Crippen molar-refractivity contribution in [3.63, 3.8) is 0 Å². The van der Waals surface area contributed by atoms with Crippen molar-refractivity contribution in [3.05, 3.63) is 0 Å². The van der Waals surface area contributed by atoms with Crippen molar-refractivity contribution in [1.82, 2.24) is 0 Å². The molecule has 21 heavy (non-hydrogen) atoms. The van der Waals surface area contributed by atoms with Crippen LogP contribution in [0.15, 0.2) is 0 Å². The summed E-state index contributed by atoms with van der Waals surface area (Å²) in [6.45, 7) is 2.35. The first-order valence-corrected chi connectivity index (χ1v) is 6.87. The van der Waals surface area contributed by atoms with E-state index in [-0.39, 0.29) is 0 Å². The Kier molecular flexibility index (Phi) is 4.04. The normalized spacial score (nSPS) is 32.4. The number of cyclic esters (lactones) is 1. The summed E-state index contributed by atoms with van der Waals surface area (Å²) in [5.41, 5.74) is 0. The quantitative estimate of drug-likeness (QED) is 0.557. The van der Waals surface area contributed by atoms with Crippen molar-refractivity contribution in [3.8, 4) is 0 Å². The van der Waals surface area contributed by atoms with E-state index >= 15 is 0 Å². The zero-order chi connectivity index (χ0) is 16.0. The lowest BCUT2D eigenvalue weighted by Crippen LogP contribution is -2.39. The van der Waals surface area contributed by atoms with Crippen molar-refractivity contribution in [2.75, 3.05) is 6.61 Å². The number of alkyl halides is 2. The molecular weight excluding hydrogens is 318 g/mol. The van der Waals surface area contributed by atoms with Crippen LogP contribution in [0.25, 0.3) is 0 Å². The van der Waals surface area contributed by atoms with Gasteiger partial charge in [-0.25, -0.2) is 13.8 Å². The molecule has 2 saturated heterocycles. The molecule has 120 valence electrons. The summed E-state index contributed by atoms with van der Waals surface area (Å²) in [7, 11) is 0. The number of hydrogen-bond acceptors (Lipinski definition) is 7. The van der Waals surface area contributed by atoms with Crippen LogP contribution in [0.3, 0.4) is 0 Å². The van der Waals surface area contributed by atoms with Crippen LogP contribution < -0.4 is 0 Å². The van der Waals surface area contributed by atoms with Gasteiger partial charge in [0.1, 0.15) is 12.7 Å². The van der Waals surface area contributed by atoms with Crippen LogP contribution >= 0.6 is 0 Å². The molecule has 0 aromatic heterocycles. The average Bonchev–Trinajstić information content (AvgIpc) is 2.81. The maximum absolute atomic E-state index is 12.9. The Morgan fingerprint density at radius 3 is 2.67 bits per heavy atom. The Hall–Kier alpha value is -1.17. The molecular formula is C10H12F2O8S. The molecule has 11 heteroatoms. The molecule has 4 unspecified atom stereocenters. The topological polar surface area (TPSA) is 108 Å². The zero-order valence-corrected chi connectivity index (χ0v) is 11.7. The summed E-state index contributed by atoms with van der Waals surface area (Å²) in [6, 6.07) is 0. The van der Waals surface area contributed by atoms with Gasteiger partial charge in [0.15, 0.2) is 18.0 Å². The van der Waals surface area contributed by atoms with Gasteiger partial charge in [-0.2, -0.15) is 8.78 Å². The summed E-state index contributed by atoms with van der Waals surface area (Å²) in [6.07, 6.45) is -3.07. The van der Waals surface area contributed by atoms with Crippen LogP contribution in [0.2, 0.25) is 0 Å². The van der Waals surface area contributed by atoms with Gasteiger partial charge in [0.25, 0.3) is 0 Å². The highest BCUT2D eigenvalue weighted by molar-refractivity contribution is 7.81. The summed E-state index contributed by atoms with van der Waals surface area (Å²) < 4.78 is 64.0. The number of carbonyl (C=O) groups is 2. The van der Waals surface area contributed by atoms with E-state index in [9.17, 15) is 22.6 Å². The Balaban J connectivity index is 1.97. The maximum atomic E-state index is 12.9. The molecule has 2 aliphatic heterocycles. The van der Waals surface area contributed by atoms with E-state index in [1.165, 1.54) is 0 Å². The lowest BCUT2D eigenvalue weighted by atomic mass is 10.1. The van der Waals surface area contributed by atoms with Gasteiger partial charge in [0.2, 0.25) is 11.1 Å². The third-order valence-corrected chi connectivity index (χ3v) is 3.44. The lowest BCUT2D eigenvalue weighted by molar-refractivity contribution is -0.193. The monoisotopic (exact) mass is 330 g/mol. The zero-order valence-electron chi connectivity index (χ0n) is 10.9. The van der Waals surface area contributed by atoms with Crippen LogP contribution in [0.4, 0.5) is 8.78 Å². The van der Waals surface area contributed by atoms with Gasteiger partial charge in [0.05, 0.1) is 0 Å². The van der Waals surface area contributed by atoms with Gasteiger partial charge in [0, 0.05) is 0 Å². The third kappa shape index (κ3) is 3.05. The van der Waals surface area contributed by atoms with Gasteiger partial charge in [-0.1, -0.05) is 0 Å².